The third kappa shape index (κ3) is 2.38. The molecule has 13 heavy (non-hydrogen) atoms. The lowest BCUT2D eigenvalue weighted by Gasteiger charge is -1.90. The highest BCUT2D eigenvalue weighted by molar-refractivity contribution is 5.53. The van der Waals surface area contributed by atoms with Gasteiger partial charge in [-0.15, -0.1) is 0 Å². The van der Waals surface area contributed by atoms with Crippen molar-refractivity contribution < 1.29 is 4.92 Å². The van der Waals surface area contributed by atoms with E-state index < -0.39 is 4.92 Å². The first-order valence-corrected chi connectivity index (χ1v) is 3.74. The number of hydrogen-bond donors (Lipinski definition) is 2. The molecule has 1 heterocycles. The van der Waals surface area contributed by atoms with E-state index in [4.69, 9.17) is 0 Å². The highest BCUT2D eigenvalue weighted by Gasteiger charge is 2.11. The van der Waals surface area contributed by atoms with Crippen LogP contribution in [0.2, 0.25) is 0 Å². The van der Waals surface area contributed by atoms with Gasteiger partial charge >= 0.3 is 5.82 Å². The molecule has 1 aromatic rings. The number of H-pyrrole nitrogens is 1. The minimum Gasteiger partial charge on any atom is -0.358 e. The Morgan fingerprint density at radius 2 is 2.62 bits per heavy atom. The zero-order valence-corrected chi connectivity index (χ0v) is 7.15. The van der Waals surface area contributed by atoms with Crippen LogP contribution in [0.3, 0.4) is 0 Å². The Hall–Kier alpha value is -1.69. The van der Waals surface area contributed by atoms with Crippen LogP contribution in [0.4, 0.5) is 5.82 Å². The summed E-state index contributed by atoms with van der Waals surface area (Å²) in [5.74, 6) is -0.0765. The van der Waals surface area contributed by atoms with Gasteiger partial charge in [-0.05, 0) is 18.0 Å². The summed E-state index contributed by atoms with van der Waals surface area (Å²) in [5, 5.41) is 13.3. The number of aromatic amines is 1. The van der Waals surface area contributed by atoms with Crippen LogP contribution in [0, 0.1) is 10.1 Å². The Bertz CT molecular complexity index is 318. The molecule has 0 unspecified atom stereocenters. The van der Waals surface area contributed by atoms with Crippen LogP contribution < -0.4 is 5.32 Å². The highest BCUT2D eigenvalue weighted by Crippen LogP contribution is 2.13. The first-order chi connectivity index (χ1) is 6.25. The van der Waals surface area contributed by atoms with Gasteiger partial charge in [0, 0.05) is 6.54 Å². The van der Waals surface area contributed by atoms with Crippen LogP contribution in [-0.4, -0.2) is 28.5 Å². The van der Waals surface area contributed by atoms with Crippen molar-refractivity contribution in [1.82, 2.24) is 15.3 Å². The molecule has 0 saturated carbocycles. The lowest BCUT2D eigenvalue weighted by atomic mass is 10.4. The van der Waals surface area contributed by atoms with E-state index in [0.717, 1.165) is 0 Å². The molecule has 6 nitrogen and oxygen atoms in total. The fourth-order valence-corrected chi connectivity index (χ4v) is 0.855. The molecule has 6 heteroatoms. The number of aromatic nitrogens is 2. The highest BCUT2D eigenvalue weighted by atomic mass is 16.6. The Morgan fingerprint density at radius 3 is 3.23 bits per heavy atom. The molecular weight excluding hydrogens is 172 g/mol. The number of hydrogen-bond acceptors (Lipinski definition) is 4. The van der Waals surface area contributed by atoms with Crippen LogP contribution in [0.15, 0.2) is 12.4 Å². The van der Waals surface area contributed by atoms with Gasteiger partial charge in [0.05, 0.1) is 0 Å². The van der Waals surface area contributed by atoms with Crippen molar-refractivity contribution in [2.75, 3.05) is 13.6 Å². The van der Waals surface area contributed by atoms with Crippen molar-refractivity contribution in [2.24, 2.45) is 0 Å². The van der Waals surface area contributed by atoms with Gasteiger partial charge in [-0.25, -0.2) is 9.97 Å². The maximum atomic E-state index is 10.4. The van der Waals surface area contributed by atoms with Crippen LogP contribution >= 0.6 is 0 Å². The summed E-state index contributed by atoms with van der Waals surface area (Å²) >= 11 is 0. The summed E-state index contributed by atoms with van der Waals surface area (Å²) in [7, 11) is 1.79. The first-order valence-electron chi connectivity index (χ1n) is 3.74. The van der Waals surface area contributed by atoms with E-state index >= 15 is 0 Å². The van der Waals surface area contributed by atoms with Gasteiger partial charge in [-0.3, -0.25) is 0 Å². The van der Waals surface area contributed by atoms with E-state index in [1.165, 1.54) is 6.33 Å². The number of imidazole rings is 1. The predicted molar refractivity (Wildman–Crippen MR) is 48.2 cm³/mol. The molecule has 0 fully saturated rings. The van der Waals surface area contributed by atoms with Crippen molar-refractivity contribution in [3.8, 4) is 0 Å². The summed E-state index contributed by atoms with van der Waals surface area (Å²) in [5.41, 5.74) is 0.347. The number of nitrogens with one attached hydrogen (secondary N) is 2. The van der Waals surface area contributed by atoms with Gasteiger partial charge in [0.25, 0.3) is 0 Å². The predicted octanol–water partition coefficient (Wildman–Crippen LogP) is 0.550. The standard InChI is InChI=1S/C7H10N4O2/c1-8-4-2-3-6-7(11(12)13)10-5-9-6/h2-3,5,8H,4H2,1H3,(H,9,10). The maximum absolute atomic E-state index is 10.4. The van der Waals surface area contributed by atoms with Gasteiger partial charge < -0.3 is 15.4 Å². The van der Waals surface area contributed by atoms with Gasteiger partial charge in [0.1, 0.15) is 0 Å². The zero-order chi connectivity index (χ0) is 9.68. The van der Waals surface area contributed by atoms with Crippen molar-refractivity contribution in [1.29, 1.82) is 0 Å². The van der Waals surface area contributed by atoms with Gasteiger partial charge in [-0.2, -0.15) is 0 Å². The number of rotatable bonds is 4. The Labute approximate surface area is 74.8 Å². The molecule has 0 aliphatic heterocycles. The van der Waals surface area contributed by atoms with Crippen molar-refractivity contribution in [3.63, 3.8) is 0 Å². The summed E-state index contributed by atoms with van der Waals surface area (Å²) in [6.45, 7) is 0.657. The lowest BCUT2D eigenvalue weighted by molar-refractivity contribution is -0.389. The number of likely N-dealkylation sites (N-methyl/N-ethyl adjacent to an activating group) is 1. The fraction of sp³-hybridized carbons (Fsp3) is 0.286. The molecule has 0 amide bonds. The van der Waals surface area contributed by atoms with Crippen LogP contribution in [-0.2, 0) is 0 Å². The van der Waals surface area contributed by atoms with Crippen LogP contribution in [0.5, 0.6) is 0 Å². The SMILES string of the molecule is CNCC=Cc1nc[nH]c1[N+](=O)[O-]. The molecule has 0 atom stereocenters. The fourth-order valence-electron chi connectivity index (χ4n) is 0.855. The average Bonchev–Trinajstić information content (AvgIpc) is 2.53. The molecule has 0 aromatic carbocycles. The van der Waals surface area contributed by atoms with E-state index in [9.17, 15) is 10.1 Å². The third-order valence-electron chi connectivity index (χ3n) is 1.43. The van der Waals surface area contributed by atoms with E-state index in [1.807, 2.05) is 0 Å². The van der Waals surface area contributed by atoms with Gasteiger partial charge in [-0.1, -0.05) is 6.08 Å². The minimum absolute atomic E-state index is 0.0765. The van der Waals surface area contributed by atoms with Gasteiger partial charge in [0.2, 0.25) is 0 Å². The van der Waals surface area contributed by atoms with E-state index in [1.54, 1.807) is 19.2 Å². The second-order valence-corrected chi connectivity index (χ2v) is 2.35. The normalized spacial score (nSPS) is 10.8. The maximum Gasteiger partial charge on any atom is 0.347 e. The smallest absolute Gasteiger partial charge is 0.347 e. The van der Waals surface area contributed by atoms with E-state index in [0.29, 0.717) is 12.2 Å². The Balaban J connectivity index is 2.76. The summed E-state index contributed by atoms with van der Waals surface area (Å²) in [6, 6.07) is 0. The van der Waals surface area contributed by atoms with Crippen molar-refractivity contribution in [3.05, 3.63) is 28.2 Å². The molecular formula is C7H10N4O2. The molecule has 0 bridgehead atoms. The van der Waals surface area contributed by atoms with Crippen molar-refractivity contribution in [2.45, 2.75) is 0 Å². The minimum atomic E-state index is -0.494. The van der Waals surface area contributed by atoms with Gasteiger partial charge in [0.15, 0.2) is 12.0 Å². The molecule has 0 aliphatic rings. The second-order valence-electron chi connectivity index (χ2n) is 2.35. The second kappa shape index (κ2) is 4.36. The molecule has 2 N–H and O–H groups in total. The number of nitrogens with zero attached hydrogens (tertiary/aromatic N) is 2. The number of nitro groups is 1. The Kier molecular flexibility index (Phi) is 3.15. The molecule has 0 radical (unpaired) electrons. The Morgan fingerprint density at radius 1 is 1.85 bits per heavy atom. The monoisotopic (exact) mass is 182 g/mol. The molecule has 0 spiro atoms. The van der Waals surface area contributed by atoms with Crippen molar-refractivity contribution >= 4 is 11.9 Å². The third-order valence-corrected chi connectivity index (χ3v) is 1.43. The largest absolute Gasteiger partial charge is 0.358 e. The molecule has 0 aliphatic carbocycles. The summed E-state index contributed by atoms with van der Waals surface area (Å²) < 4.78 is 0. The zero-order valence-electron chi connectivity index (χ0n) is 7.15. The van der Waals surface area contributed by atoms with E-state index in [-0.39, 0.29) is 5.82 Å². The quantitative estimate of drug-likeness (QED) is 0.526. The molecule has 70 valence electrons. The van der Waals surface area contributed by atoms with Crippen LogP contribution in [0.1, 0.15) is 5.69 Å². The van der Waals surface area contributed by atoms with Crippen LogP contribution in [0.25, 0.3) is 6.08 Å². The molecule has 1 rings (SSSR count). The average molecular weight is 182 g/mol. The first kappa shape index (κ1) is 9.40. The topological polar surface area (TPSA) is 83.8 Å². The summed E-state index contributed by atoms with van der Waals surface area (Å²) in [6.07, 6.45) is 4.67. The lowest BCUT2D eigenvalue weighted by Crippen LogP contribution is -2.03. The summed E-state index contributed by atoms with van der Waals surface area (Å²) in [4.78, 5) is 16.2. The molecule has 0 saturated heterocycles. The molecule has 1 aromatic heterocycles. The van der Waals surface area contributed by atoms with E-state index in [2.05, 4.69) is 15.3 Å².